The van der Waals surface area contributed by atoms with Crippen molar-refractivity contribution in [1.82, 2.24) is 24.5 Å². The summed E-state index contributed by atoms with van der Waals surface area (Å²) >= 11 is 0. The van der Waals surface area contributed by atoms with Crippen molar-refractivity contribution in [2.75, 3.05) is 19.0 Å². The summed E-state index contributed by atoms with van der Waals surface area (Å²) in [5.41, 5.74) is 0. The third-order valence-electron chi connectivity index (χ3n) is 2.76. The molecule has 7 heteroatoms. The topological polar surface area (TPSA) is 77.8 Å². The maximum atomic E-state index is 5.11. The van der Waals surface area contributed by atoms with Crippen molar-refractivity contribution >= 4 is 5.95 Å². The summed E-state index contributed by atoms with van der Waals surface area (Å²) in [5, 5.41) is 3.07. The lowest BCUT2D eigenvalue weighted by atomic mass is 10.3. The van der Waals surface area contributed by atoms with E-state index in [1.54, 1.807) is 13.3 Å². The molecule has 0 fully saturated rings. The van der Waals surface area contributed by atoms with Gasteiger partial charge in [-0.2, -0.15) is 15.0 Å². The molecule has 20 heavy (non-hydrogen) atoms. The molecule has 0 amide bonds. The second-order valence-corrected chi connectivity index (χ2v) is 4.31. The second kappa shape index (κ2) is 6.83. The van der Waals surface area contributed by atoms with Crippen LogP contribution in [0, 0.1) is 0 Å². The number of hydrogen-bond donors (Lipinski definition) is 1. The van der Waals surface area contributed by atoms with Crippen molar-refractivity contribution in [3.63, 3.8) is 0 Å². The molecule has 0 bridgehead atoms. The molecule has 0 spiro atoms. The zero-order valence-corrected chi connectivity index (χ0v) is 12.1. The molecule has 0 aliphatic rings. The number of anilines is 1. The van der Waals surface area contributed by atoms with Crippen LogP contribution in [-0.4, -0.2) is 38.2 Å². The van der Waals surface area contributed by atoms with E-state index in [0.29, 0.717) is 24.2 Å². The van der Waals surface area contributed by atoms with E-state index in [4.69, 9.17) is 4.74 Å². The van der Waals surface area contributed by atoms with Gasteiger partial charge >= 0.3 is 6.01 Å². The van der Waals surface area contributed by atoms with E-state index in [2.05, 4.69) is 36.7 Å². The number of aromatic nitrogens is 5. The number of methoxy groups -OCH3 is 1. The van der Waals surface area contributed by atoms with Crippen LogP contribution in [0.4, 0.5) is 5.95 Å². The first-order valence-electron chi connectivity index (χ1n) is 6.79. The molecule has 0 saturated heterocycles. The van der Waals surface area contributed by atoms with Crippen LogP contribution < -0.4 is 10.1 Å². The van der Waals surface area contributed by atoms with Gasteiger partial charge < -0.3 is 14.6 Å². The van der Waals surface area contributed by atoms with Crippen LogP contribution in [0.3, 0.4) is 0 Å². The van der Waals surface area contributed by atoms with Crippen molar-refractivity contribution < 1.29 is 4.74 Å². The Morgan fingerprint density at radius 1 is 1.25 bits per heavy atom. The molecule has 0 aromatic carbocycles. The number of ether oxygens (including phenoxy) is 1. The average Bonchev–Trinajstić information content (AvgIpc) is 2.86. The fourth-order valence-electron chi connectivity index (χ4n) is 1.90. The smallest absolute Gasteiger partial charge is 0.321 e. The number of aryl methyl sites for hydroxylation is 1. The molecule has 0 saturated carbocycles. The Labute approximate surface area is 118 Å². The molecular weight excluding hydrogens is 256 g/mol. The predicted molar refractivity (Wildman–Crippen MR) is 75.9 cm³/mol. The summed E-state index contributed by atoms with van der Waals surface area (Å²) in [6.45, 7) is 5.82. The molecule has 2 aromatic heterocycles. The quantitative estimate of drug-likeness (QED) is 0.826. The van der Waals surface area contributed by atoms with Crippen LogP contribution in [-0.2, 0) is 13.0 Å². The van der Waals surface area contributed by atoms with Crippen LogP contribution in [0.25, 0.3) is 0 Å². The highest BCUT2D eigenvalue weighted by Gasteiger charge is 2.10. The summed E-state index contributed by atoms with van der Waals surface area (Å²) < 4.78 is 7.22. The first-order valence-corrected chi connectivity index (χ1v) is 6.79. The highest BCUT2D eigenvalue weighted by Crippen LogP contribution is 2.11. The molecule has 0 aliphatic carbocycles. The number of nitrogens with one attached hydrogen (secondary N) is 1. The van der Waals surface area contributed by atoms with Gasteiger partial charge in [0.2, 0.25) is 5.95 Å². The average molecular weight is 276 g/mol. The van der Waals surface area contributed by atoms with Gasteiger partial charge in [0.1, 0.15) is 11.6 Å². The normalized spacial score (nSPS) is 10.6. The fourth-order valence-corrected chi connectivity index (χ4v) is 1.90. The minimum Gasteiger partial charge on any atom is -0.467 e. The van der Waals surface area contributed by atoms with E-state index in [-0.39, 0.29) is 0 Å². The van der Waals surface area contributed by atoms with Gasteiger partial charge in [0.05, 0.1) is 13.5 Å². The van der Waals surface area contributed by atoms with Crippen molar-refractivity contribution in [3.8, 4) is 6.01 Å². The van der Waals surface area contributed by atoms with Crippen molar-refractivity contribution in [2.45, 2.75) is 33.2 Å². The molecule has 0 atom stereocenters. The first-order chi connectivity index (χ1) is 9.76. The Balaban J connectivity index is 2.23. The lowest BCUT2D eigenvalue weighted by Gasteiger charge is -2.08. The van der Waals surface area contributed by atoms with Gasteiger partial charge in [-0.1, -0.05) is 6.92 Å². The zero-order chi connectivity index (χ0) is 14.4. The maximum absolute atomic E-state index is 5.11. The largest absolute Gasteiger partial charge is 0.467 e. The number of hydrogen-bond acceptors (Lipinski definition) is 6. The van der Waals surface area contributed by atoms with Gasteiger partial charge in [-0.3, -0.25) is 0 Å². The maximum Gasteiger partial charge on any atom is 0.321 e. The van der Waals surface area contributed by atoms with Crippen LogP contribution in [0.15, 0.2) is 12.4 Å². The van der Waals surface area contributed by atoms with Crippen LogP contribution in [0.1, 0.15) is 31.9 Å². The first kappa shape index (κ1) is 14.2. The lowest BCUT2D eigenvalue weighted by Crippen LogP contribution is -2.10. The number of rotatable bonds is 7. The Morgan fingerprint density at radius 3 is 2.80 bits per heavy atom. The predicted octanol–water partition coefficient (Wildman–Crippen LogP) is 1.51. The Hall–Kier alpha value is -2.18. The van der Waals surface area contributed by atoms with E-state index in [9.17, 15) is 0 Å². The van der Waals surface area contributed by atoms with Gasteiger partial charge in [-0.15, -0.1) is 0 Å². The third kappa shape index (κ3) is 3.43. The van der Waals surface area contributed by atoms with Gasteiger partial charge in [-0.25, -0.2) is 4.98 Å². The zero-order valence-electron chi connectivity index (χ0n) is 12.1. The molecule has 0 aliphatic heterocycles. The standard InChI is InChI=1S/C13H20N6O/c1-4-7-19-8-6-15-11(19)9-10-16-12(14-5-2)18-13(17-10)20-3/h6,8H,4-5,7,9H2,1-3H3,(H,14,16,17,18). The van der Waals surface area contributed by atoms with E-state index in [1.165, 1.54) is 0 Å². The van der Waals surface area contributed by atoms with E-state index >= 15 is 0 Å². The molecule has 7 nitrogen and oxygen atoms in total. The minimum absolute atomic E-state index is 0.319. The van der Waals surface area contributed by atoms with Crippen molar-refractivity contribution in [3.05, 3.63) is 24.0 Å². The van der Waals surface area contributed by atoms with Gasteiger partial charge in [-0.05, 0) is 13.3 Å². The summed E-state index contributed by atoms with van der Waals surface area (Å²) in [7, 11) is 1.55. The molecule has 108 valence electrons. The van der Waals surface area contributed by atoms with Crippen LogP contribution in [0.5, 0.6) is 6.01 Å². The van der Waals surface area contributed by atoms with E-state index < -0.39 is 0 Å². The molecular formula is C13H20N6O. The summed E-state index contributed by atoms with van der Waals surface area (Å²) in [6, 6.07) is 0.319. The van der Waals surface area contributed by atoms with Crippen LogP contribution >= 0.6 is 0 Å². The molecule has 2 aromatic rings. The molecule has 0 unspecified atom stereocenters. The number of imidazole rings is 1. The van der Waals surface area contributed by atoms with Crippen molar-refractivity contribution in [1.29, 1.82) is 0 Å². The summed E-state index contributed by atoms with van der Waals surface area (Å²) in [5.74, 6) is 2.13. The summed E-state index contributed by atoms with van der Waals surface area (Å²) in [6.07, 6.45) is 5.40. The van der Waals surface area contributed by atoms with Crippen LogP contribution in [0.2, 0.25) is 0 Å². The van der Waals surface area contributed by atoms with Gasteiger partial charge in [0.25, 0.3) is 0 Å². The van der Waals surface area contributed by atoms with Gasteiger partial charge in [0, 0.05) is 25.5 Å². The fraction of sp³-hybridized carbons (Fsp3) is 0.538. The molecule has 2 heterocycles. The minimum atomic E-state index is 0.319. The summed E-state index contributed by atoms with van der Waals surface area (Å²) in [4.78, 5) is 17.2. The second-order valence-electron chi connectivity index (χ2n) is 4.31. The van der Waals surface area contributed by atoms with E-state index in [1.807, 2.05) is 13.1 Å². The number of nitrogens with zero attached hydrogens (tertiary/aromatic N) is 5. The highest BCUT2D eigenvalue weighted by molar-refractivity contribution is 5.26. The van der Waals surface area contributed by atoms with E-state index in [0.717, 1.165) is 25.3 Å². The Morgan fingerprint density at radius 2 is 2.10 bits per heavy atom. The Kier molecular flexibility index (Phi) is 4.86. The lowest BCUT2D eigenvalue weighted by molar-refractivity contribution is 0.376. The SMILES string of the molecule is CCCn1ccnc1Cc1nc(NCC)nc(OC)n1. The monoisotopic (exact) mass is 276 g/mol. The van der Waals surface area contributed by atoms with Crippen molar-refractivity contribution in [2.24, 2.45) is 0 Å². The molecule has 1 N–H and O–H groups in total. The highest BCUT2D eigenvalue weighted by atomic mass is 16.5. The Bertz CT molecular complexity index is 554. The third-order valence-corrected chi connectivity index (χ3v) is 2.76. The molecule has 0 radical (unpaired) electrons. The molecule has 2 rings (SSSR count). The van der Waals surface area contributed by atoms with Gasteiger partial charge in [0.15, 0.2) is 0 Å².